The molecule has 5 heteroatoms. The van der Waals surface area contributed by atoms with Crippen molar-refractivity contribution in [3.8, 4) is 0 Å². The molecule has 17 heavy (non-hydrogen) atoms. The number of alkyl halides is 3. The molecule has 0 saturated heterocycles. The van der Waals surface area contributed by atoms with Gasteiger partial charge >= 0.3 is 6.18 Å². The van der Waals surface area contributed by atoms with E-state index in [0.29, 0.717) is 6.42 Å². The Kier molecular flexibility index (Phi) is 3.03. The van der Waals surface area contributed by atoms with Gasteiger partial charge in [-0.2, -0.15) is 13.2 Å². The zero-order chi connectivity index (χ0) is 12.6. The number of hydrogen-bond acceptors (Lipinski definition) is 2. The Morgan fingerprint density at radius 3 is 2.71 bits per heavy atom. The minimum Gasteiger partial charge on any atom is -0.380 e. The van der Waals surface area contributed by atoms with Crippen LogP contribution in [0, 0.1) is 0 Å². The summed E-state index contributed by atoms with van der Waals surface area (Å²) in [7, 11) is 1.84. The molecule has 0 aromatic heterocycles. The van der Waals surface area contributed by atoms with E-state index in [9.17, 15) is 13.2 Å². The monoisotopic (exact) mass is 244 g/mol. The Balaban J connectivity index is 2.22. The average Bonchev–Trinajstić information content (AvgIpc) is 2.69. The van der Waals surface area contributed by atoms with Gasteiger partial charge in [-0.15, -0.1) is 0 Å². The number of benzene rings is 1. The number of fused-ring (bicyclic) bond motifs is 1. The zero-order valence-corrected chi connectivity index (χ0v) is 9.73. The van der Waals surface area contributed by atoms with Crippen LogP contribution in [0.25, 0.3) is 0 Å². The lowest BCUT2D eigenvalue weighted by Crippen LogP contribution is -2.38. The minimum atomic E-state index is -4.26. The summed E-state index contributed by atoms with van der Waals surface area (Å²) in [5.41, 5.74) is 0.979. The van der Waals surface area contributed by atoms with E-state index in [2.05, 4.69) is 10.6 Å². The van der Waals surface area contributed by atoms with Gasteiger partial charge in [0.1, 0.15) is 0 Å². The minimum absolute atomic E-state index is 0.151. The lowest BCUT2D eigenvalue weighted by molar-refractivity contribution is -0.137. The van der Waals surface area contributed by atoms with Crippen molar-refractivity contribution in [2.24, 2.45) is 0 Å². The third-order valence-electron chi connectivity index (χ3n) is 3.27. The molecule has 2 unspecified atom stereocenters. The quantitative estimate of drug-likeness (QED) is 0.835. The molecule has 0 spiro atoms. The first-order valence-corrected chi connectivity index (χ1v) is 5.55. The van der Waals surface area contributed by atoms with Gasteiger partial charge in [-0.25, -0.2) is 0 Å². The molecule has 2 N–H and O–H groups in total. The van der Waals surface area contributed by atoms with Crippen LogP contribution in [0.3, 0.4) is 0 Å². The maximum atomic E-state index is 12.5. The highest BCUT2D eigenvalue weighted by molar-refractivity contribution is 5.58. The molecule has 94 valence electrons. The van der Waals surface area contributed by atoms with E-state index in [-0.39, 0.29) is 12.1 Å². The van der Waals surface area contributed by atoms with Gasteiger partial charge in [0, 0.05) is 17.8 Å². The van der Waals surface area contributed by atoms with E-state index in [4.69, 9.17) is 0 Å². The fourth-order valence-corrected chi connectivity index (χ4v) is 2.07. The van der Waals surface area contributed by atoms with Crippen LogP contribution in [-0.4, -0.2) is 19.1 Å². The topological polar surface area (TPSA) is 24.1 Å². The summed E-state index contributed by atoms with van der Waals surface area (Å²) < 4.78 is 37.6. The first kappa shape index (κ1) is 12.2. The molecule has 0 radical (unpaired) electrons. The summed E-state index contributed by atoms with van der Waals surface area (Å²) in [4.78, 5) is 0. The maximum absolute atomic E-state index is 12.5. The van der Waals surface area contributed by atoms with E-state index in [1.54, 1.807) is 0 Å². The molecule has 2 atom stereocenters. The second-order valence-electron chi connectivity index (χ2n) is 4.40. The summed E-state index contributed by atoms with van der Waals surface area (Å²) in [6.07, 6.45) is -3.64. The van der Waals surface area contributed by atoms with Crippen molar-refractivity contribution >= 4 is 5.69 Å². The Hall–Kier alpha value is -1.23. The Bertz CT molecular complexity index is 415. The first-order valence-electron chi connectivity index (χ1n) is 5.55. The molecule has 0 saturated carbocycles. The molecule has 0 aliphatic carbocycles. The van der Waals surface area contributed by atoms with E-state index < -0.39 is 11.7 Å². The summed E-state index contributed by atoms with van der Waals surface area (Å²) in [6, 6.07) is 4.25. The Morgan fingerprint density at radius 2 is 2.12 bits per heavy atom. The van der Waals surface area contributed by atoms with E-state index in [1.165, 1.54) is 12.1 Å². The number of anilines is 1. The van der Waals surface area contributed by atoms with Crippen molar-refractivity contribution < 1.29 is 13.2 Å². The van der Waals surface area contributed by atoms with Crippen LogP contribution < -0.4 is 10.6 Å². The lowest BCUT2D eigenvalue weighted by Gasteiger charge is -2.18. The van der Waals surface area contributed by atoms with Gasteiger partial charge < -0.3 is 10.6 Å². The molecule has 0 fully saturated rings. The molecular weight excluding hydrogens is 229 g/mol. The summed E-state index contributed by atoms with van der Waals surface area (Å²) in [5.74, 6) is 0. The van der Waals surface area contributed by atoms with Gasteiger partial charge in [-0.1, -0.05) is 0 Å². The van der Waals surface area contributed by atoms with Gasteiger partial charge in [0.05, 0.1) is 5.56 Å². The highest BCUT2D eigenvalue weighted by atomic mass is 19.4. The van der Waals surface area contributed by atoms with Gasteiger partial charge in [0.25, 0.3) is 0 Å². The second kappa shape index (κ2) is 4.22. The van der Waals surface area contributed by atoms with Crippen LogP contribution in [-0.2, 0) is 12.6 Å². The normalized spacial score (nSPS) is 20.9. The summed E-state index contributed by atoms with van der Waals surface area (Å²) in [5, 5.41) is 6.34. The number of hydrogen-bond donors (Lipinski definition) is 2. The number of likely N-dealkylation sites (N-methyl/N-ethyl adjacent to an activating group) is 1. The van der Waals surface area contributed by atoms with Crippen LogP contribution in [0.1, 0.15) is 18.1 Å². The molecular formula is C12H15F3N2. The molecule has 1 aliphatic rings. The average molecular weight is 244 g/mol. The van der Waals surface area contributed by atoms with E-state index >= 15 is 0 Å². The highest BCUT2D eigenvalue weighted by Gasteiger charge is 2.33. The Labute approximate surface area is 98.2 Å². The predicted molar refractivity (Wildman–Crippen MR) is 61.1 cm³/mol. The largest absolute Gasteiger partial charge is 0.416 e. The SMILES string of the molecule is CNC(C)C1Cc2cc(C(F)(F)F)ccc2N1. The van der Waals surface area contributed by atoms with Crippen LogP contribution >= 0.6 is 0 Å². The summed E-state index contributed by atoms with van der Waals surface area (Å²) in [6.45, 7) is 2.01. The van der Waals surface area contributed by atoms with Crippen LogP contribution in [0.2, 0.25) is 0 Å². The molecule has 2 rings (SSSR count). The van der Waals surface area contributed by atoms with Crippen molar-refractivity contribution in [2.75, 3.05) is 12.4 Å². The van der Waals surface area contributed by atoms with E-state index in [0.717, 1.165) is 17.3 Å². The van der Waals surface area contributed by atoms with E-state index in [1.807, 2.05) is 14.0 Å². The Morgan fingerprint density at radius 1 is 1.41 bits per heavy atom. The summed E-state index contributed by atoms with van der Waals surface area (Å²) >= 11 is 0. The predicted octanol–water partition coefficient (Wildman–Crippen LogP) is 2.65. The van der Waals surface area contributed by atoms with Crippen molar-refractivity contribution in [3.05, 3.63) is 29.3 Å². The van der Waals surface area contributed by atoms with Crippen LogP contribution in [0.4, 0.5) is 18.9 Å². The molecule has 1 aliphatic heterocycles. The van der Waals surface area contributed by atoms with Crippen LogP contribution in [0.5, 0.6) is 0 Å². The first-order chi connectivity index (χ1) is 7.91. The third kappa shape index (κ3) is 2.39. The van der Waals surface area contributed by atoms with Crippen molar-refractivity contribution in [1.82, 2.24) is 5.32 Å². The van der Waals surface area contributed by atoms with Gasteiger partial charge in [-0.3, -0.25) is 0 Å². The molecule has 1 heterocycles. The van der Waals surface area contributed by atoms with Crippen molar-refractivity contribution in [2.45, 2.75) is 31.6 Å². The lowest BCUT2D eigenvalue weighted by atomic mass is 10.0. The maximum Gasteiger partial charge on any atom is 0.416 e. The molecule has 0 bridgehead atoms. The fraction of sp³-hybridized carbons (Fsp3) is 0.500. The second-order valence-corrected chi connectivity index (χ2v) is 4.40. The smallest absolute Gasteiger partial charge is 0.380 e. The molecule has 0 amide bonds. The standard InChI is InChI=1S/C12H15F3N2/c1-7(16-2)11-6-8-5-9(12(13,14)15)3-4-10(8)17-11/h3-5,7,11,16-17H,6H2,1-2H3. The van der Waals surface area contributed by atoms with Gasteiger partial charge in [0.15, 0.2) is 0 Å². The highest BCUT2D eigenvalue weighted by Crippen LogP contribution is 2.35. The third-order valence-corrected chi connectivity index (χ3v) is 3.27. The van der Waals surface area contributed by atoms with Gasteiger partial charge in [-0.05, 0) is 44.2 Å². The molecule has 1 aromatic rings. The number of rotatable bonds is 2. The number of nitrogens with one attached hydrogen (secondary N) is 2. The zero-order valence-electron chi connectivity index (χ0n) is 9.73. The van der Waals surface area contributed by atoms with Crippen LogP contribution in [0.15, 0.2) is 18.2 Å². The van der Waals surface area contributed by atoms with Crippen molar-refractivity contribution in [3.63, 3.8) is 0 Å². The molecule has 1 aromatic carbocycles. The van der Waals surface area contributed by atoms with Crippen molar-refractivity contribution in [1.29, 1.82) is 0 Å². The number of halogens is 3. The molecule has 2 nitrogen and oxygen atoms in total. The van der Waals surface area contributed by atoms with Gasteiger partial charge in [0.2, 0.25) is 0 Å². The fourth-order valence-electron chi connectivity index (χ4n) is 2.07.